The van der Waals surface area contributed by atoms with Crippen LogP contribution in [0, 0.1) is 6.92 Å². The van der Waals surface area contributed by atoms with Crippen molar-refractivity contribution in [2.75, 3.05) is 19.6 Å². The number of aromatic nitrogens is 1. The molecule has 122 valence electrons. The molecule has 0 bridgehead atoms. The molecule has 23 heavy (non-hydrogen) atoms. The number of likely N-dealkylation sites (tertiary alicyclic amines) is 1. The third-order valence-corrected chi connectivity index (χ3v) is 5.02. The molecule has 1 saturated heterocycles. The standard InChI is InChI=1S/C18H24N4S/c1-3-19-18(21-12-17-20-11-14(2)23-17)22-10-9-16(13-22)15-7-5-4-6-8-15/h4-8,11,16H,3,9-10,12-13H2,1-2H3,(H,19,21). The Hall–Kier alpha value is -1.88. The number of aliphatic imine (C=N–C) groups is 1. The van der Waals surface area contributed by atoms with Crippen molar-refractivity contribution in [1.29, 1.82) is 0 Å². The quantitative estimate of drug-likeness (QED) is 0.691. The molecule has 0 saturated carbocycles. The summed E-state index contributed by atoms with van der Waals surface area (Å²) in [6.07, 6.45) is 3.11. The molecular formula is C18H24N4S. The number of rotatable bonds is 4. The predicted octanol–water partition coefficient (Wildman–Crippen LogP) is 3.41. The maximum absolute atomic E-state index is 4.79. The van der Waals surface area contributed by atoms with Gasteiger partial charge in [-0.25, -0.2) is 9.98 Å². The molecule has 1 aliphatic heterocycles. The fourth-order valence-corrected chi connectivity index (χ4v) is 3.70. The van der Waals surface area contributed by atoms with Crippen molar-refractivity contribution in [2.45, 2.75) is 32.7 Å². The fourth-order valence-electron chi connectivity index (χ4n) is 2.99. The SMILES string of the molecule is CCNC(=NCc1ncc(C)s1)N1CCC(c2ccccc2)C1. The third-order valence-electron chi connectivity index (χ3n) is 4.13. The van der Waals surface area contributed by atoms with Crippen LogP contribution in [0.5, 0.6) is 0 Å². The van der Waals surface area contributed by atoms with E-state index in [2.05, 4.69) is 59.4 Å². The van der Waals surface area contributed by atoms with Crippen molar-refractivity contribution >= 4 is 17.3 Å². The second kappa shape index (κ2) is 7.59. The summed E-state index contributed by atoms with van der Waals surface area (Å²) in [5.74, 6) is 1.61. The molecule has 1 aliphatic rings. The Bertz CT molecular complexity index is 650. The molecule has 1 fully saturated rings. The molecule has 2 aromatic rings. The average Bonchev–Trinajstić information content (AvgIpc) is 3.21. The maximum Gasteiger partial charge on any atom is 0.194 e. The Kier molecular flexibility index (Phi) is 5.28. The highest BCUT2D eigenvalue weighted by atomic mass is 32.1. The zero-order valence-corrected chi connectivity index (χ0v) is 14.6. The first-order valence-corrected chi connectivity index (χ1v) is 9.07. The predicted molar refractivity (Wildman–Crippen MR) is 97.0 cm³/mol. The lowest BCUT2D eigenvalue weighted by Gasteiger charge is -2.21. The minimum atomic E-state index is 0.599. The summed E-state index contributed by atoms with van der Waals surface area (Å²) in [5.41, 5.74) is 1.43. The molecule has 0 spiro atoms. The molecule has 3 rings (SSSR count). The van der Waals surface area contributed by atoms with E-state index in [4.69, 9.17) is 4.99 Å². The summed E-state index contributed by atoms with van der Waals surface area (Å²) in [7, 11) is 0. The van der Waals surface area contributed by atoms with Gasteiger partial charge in [-0.15, -0.1) is 11.3 Å². The Morgan fingerprint density at radius 2 is 2.22 bits per heavy atom. The van der Waals surface area contributed by atoms with E-state index in [1.54, 1.807) is 11.3 Å². The van der Waals surface area contributed by atoms with Crippen LogP contribution >= 0.6 is 11.3 Å². The number of nitrogens with zero attached hydrogens (tertiary/aromatic N) is 3. The first-order valence-electron chi connectivity index (χ1n) is 8.25. The van der Waals surface area contributed by atoms with E-state index in [0.717, 1.165) is 30.6 Å². The highest BCUT2D eigenvalue weighted by Gasteiger charge is 2.25. The molecule has 1 aromatic carbocycles. The van der Waals surface area contributed by atoms with Gasteiger partial charge in [-0.05, 0) is 25.8 Å². The number of hydrogen-bond donors (Lipinski definition) is 1. The van der Waals surface area contributed by atoms with E-state index in [1.807, 2.05) is 6.20 Å². The highest BCUT2D eigenvalue weighted by molar-refractivity contribution is 7.11. The van der Waals surface area contributed by atoms with Crippen LogP contribution in [0.3, 0.4) is 0 Å². The number of hydrogen-bond acceptors (Lipinski definition) is 3. The summed E-state index contributed by atoms with van der Waals surface area (Å²) >= 11 is 1.72. The summed E-state index contributed by atoms with van der Waals surface area (Å²) in [4.78, 5) is 12.8. The lowest BCUT2D eigenvalue weighted by atomic mass is 9.99. The number of nitrogens with one attached hydrogen (secondary N) is 1. The summed E-state index contributed by atoms with van der Waals surface area (Å²) in [5, 5.41) is 4.51. The molecule has 4 nitrogen and oxygen atoms in total. The van der Waals surface area contributed by atoms with Gasteiger partial charge in [-0.2, -0.15) is 0 Å². The molecule has 0 amide bonds. The van der Waals surface area contributed by atoms with Gasteiger partial charge in [-0.3, -0.25) is 0 Å². The third kappa shape index (κ3) is 4.10. The Balaban J connectivity index is 1.67. The van der Waals surface area contributed by atoms with E-state index in [1.165, 1.54) is 16.9 Å². The molecule has 1 N–H and O–H groups in total. The monoisotopic (exact) mass is 328 g/mol. The van der Waals surface area contributed by atoms with Gasteiger partial charge in [0.15, 0.2) is 5.96 Å². The topological polar surface area (TPSA) is 40.5 Å². The smallest absolute Gasteiger partial charge is 0.194 e. The van der Waals surface area contributed by atoms with Crippen molar-refractivity contribution in [3.05, 3.63) is 52.0 Å². The van der Waals surface area contributed by atoms with E-state index in [9.17, 15) is 0 Å². The molecule has 2 heterocycles. The number of benzene rings is 1. The molecule has 1 unspecified atom stereocenters. The van der Waals surface area contributed by atoms with Crippen molar-refractivity contribution < 1.29 is 0 Å². The first-order chi connectivity index (χ1) is 11.3. The van der Waals surface area contributed by atoms with Gasteiger partial charge >= 0.3 is 0 Å². The zero-order valence-electron chi connectivity index (χ0n) is 13.8. The van der Waals surface area contributed by atoms with Crippen LogP contribution in [0.4, 0.5) is 0 Å². The zero-order chi connectivity index (χ0) is 16.1. The van der Waals surface area contributed by atoms with Crippen LogP contribution in [0.1, 0.15) is 34.7 Å². The van der Waals surface area contributed by atoms with Crippen LogP contribution in [0.15, 0.2) is 41.5 Å². The van der Waals surface area contributed by atoms with E-state index in [-0.39, 0.29) is 0 Å². The average molecular weight is 328 g/mol. The Morgan fingerprint density at radius 3 is 2.91 bits per heavy atom. The normalized spacial score (nSPS) is 18.4. The van der Waals surface area contributed by atoms with Gasteiger partial charge < -0.3 is 10.2 Å². The van der Waals surface area contributed by atoms with Crippen molar-refractivity contribution in [3.63, 3.8) is 0 Å². The van der Waals surface area contributed by atoms with E-state index < -0.39 is 0 Å². The van der Waals surface area contributed by atoms with E-state index >= 15 is 0 Å². The van der Waals surface area contributed by atoms with Crippen LogP contribution in [-0.4, -0.2) is 35.5 Å². The van der Waals surface area contributed by atoms with Gasteiger partial charge in [0.25, 0.3) is 0 Å². The minimum absolute atomic E-state index is 0.599. The van der Waals surface area contributed by atoms with Crippen LogP contribution < -0.4 is 5.32 Å². The van der Waals surface area contributed by atoms with Crippen LogP contribution in [0.25, 0.3) is 0 Å². The molecule has 1 aromatic heterocycles. The lowest BCUT2D eigenvalue weighted by Crippen LogP contribution is -2.40. The van der Waals surface area contributed by atoms with Gasteiger partial charge in [0.05, 0.1) is 6.54 Å². The molecular weight excluding hydrogens is 304 g/mol. The van der Waals surface area contributed by atoms with Crippen LogP contribution in [-0.2, 0) is 6.54 Å². The molecule has 0 aliphatic carbocycles. The van der Waals surface area contributed by atoms with Crippen molar-refractivity contribution in [2.24, 2.45) is 4.99 Å². The van der Waals surface area contributed by atoms with E-state index in [0.29, 0.717) is 12.5 Å². The lowest BCUT2D eigenvalue weighted by molar-refractivity contribution is 0.486. The Morgan fingerprint density at radius 1 is 1.39 bits per heavy atom. The number of guanidine groups is 1. The minimum Gasteiger partial charge on any atom is -0.357 e. The first kappa shape index (κ1) is 16.0. The van der Waals surface area contributed by atoms with Gasteiger partial charge in [-0.1, -0.05) is 30.3 Å². The number of aryl methyl sites for hydroxylation is 1. The molecule has 1 atom stereocenters. The maximum atomic E-state index is 4.79. The highest BCUT2D eigenvalue weighted by Crippen LogP contribution is 2.27. The largest absolute Gasteiger partial charge is 0.357 e. The summed E-state index contributed by atoms with van der Waals surface area (Å²) < 4.78 is 0. The molecule has 0 radical (unpaired) electrons. The van der Waals surface area contributed by atoms with Crippen LogP contribution in [0.2, 0.25) is 0 Å². The van der Waals surface area contributed by atoms with Gasteiger partial charge in [0.1, 0.15) is 5.01 Å². The molecule has 5 heteroatoms. The van der Waals surface area contributed by atoms with Gasteiger partial charge in [0.2, 0.25) is 0 Å². The van der Waals surface area contributed by atoms with Gasteiger partial charge in [0, 0.05) is 36.6 Å². The van der Waals surface area contributed by atoms with Crippen molar-refractivity contribution in [3.8, 4) is 0 Å². The Labute approximate surface area is 142 Å². The fraction of sp³-hybridized carbons (Fsp3) is 0.444. The summed E-state index contributed by atoms with van der Waals surface area (Å²) in [6, 6.07) is 10.8. The van der Waals surface area contributed by atoms with Crippen molar-refractivity contribution in [1.82, 2.24) is 15.2 Å². The number of thiazole rings is 1. The second-order valence-corrected chi connectivity index (χ2v) is 7.20. The second-order valence-electron chi connectivity index (χ2n) is 5.88. The summed E-state index contributed by atoms with van der Waals surface area (Å²) in [6.45, 7) is 7.85.